The van der Waals surface area contributed by atoms with Crippen LogP contribution in [0, 0.1) is 18.3 Å². The van der Waals surface area contributed by atoms with Crippen LogP contribution in [0.3, 0.4) is 0 Å². The normalized spacial score (nSPS) is 26.4. The first kappa shape index (κ1) is 23.1. The molecule has 6 nitrogen and oxygen atoms in total. The topological polar surface area (TPSA) is 89.9 Å². The summed E-state index contributed by atoms with van der Waals surface area (Å²) in [5.41, 5.74) is -0.646. The van der Waals surface area contributed by atoms with E-state index in [1.165, 1.54) is 12.1 Å². The summed E-state index contributed by atoms with van der Waals surface area (Å²) in [4.78, 5) is 12.3. The molecule has 0 amide bonds. The van der Waals surface area contributed by atoms with Crippen LogP contribution in [-0.2, 0) is 23.5 Å². The second-order valence-corrected chi connectivity index (χ2v) is 13.1. The molecule has 28 heavy (non-hydrogen) atoms. The smallest absolute Gasteiger partial charge is 0.334 e. The quantitative estimate of drug-likeness (QED) is 0.548. The van der Waals surface area contributed by atoms with Gasteiger partial charge in [-0.2, -0.15) is 8.42 Å². The maximum absolute atomic E-state index is 12.8. The number of carboxylic acid groups (broad SMARTS) is 1. The maximum Gasteiger partial charge on any atom is 0.334 e. The average molecular weight is 429 g/mol. The Labute approximate surface area is 170 Å². The first-order chi connectivity index (χ1) is 12.7. The molecule has 0 bridgehead atoms. The van der Waals surface area contributed by atoms with Crippen molar-refractivity contribution in [1.82, 2.24) is 0 Å². The summed E-state index contributed by atoms with van der Waals surface area (Å²) >= 11 is 0. The minimum absolute atomic E-state index is 0.0329. The Morgan fingerprint density at radius 3 is 2.21 bits per heavy atom. The molecule has 0 radical (unpaired) electrons. The Bertz CT molecular complexity index is 797. The van der Waals surface area contributed by atoms with Crippen LogP contribution in [0.5, 0.6) is 0 Å². The molecule has 0 aliphatic heterocycles. The van der Waals surface area contributed by atoms with E-state index in [0.29, 0.717) is 12.8 Å². The summed E-state index contributed by atoms with van der Waals surface area (Å²) in [7, 11) is -5.67. The van der Waals surface area contributed by atoms with E-state index in [1.54, 1.807) is 12.1 Å². The van der Waals surface area contributed by atoms with Gasteiger partial charge in [0.15, 0.2) is 14.6 Å². The first-order valence-corrected chi connectivity index (χ1v) is 13.9. The number of carbonyl (C=O) groups is 1. The lowest BCUT2D eigenvalue weighted by Gasteiger charge is -2.46. The summed E-state index contributed by atoms with van der Waals surface area (Å²) < 4.78 is 37.1. The monoisotopic (exact) mass is 428 g/mol. The third-order valence-corrected chi connectivity index (χ3v) is 7.63. The molecule has 0 saturated heterocycles. The van der Waals surface area contributed by atoms with Gasteiger partial charge < -0.3 is 9.53 Å². The standard InChI is InChI=1S/C20H32O6SSi/c1-14-7-9-17(10-8-14)27(23,24)25-16-11-15(19(2,3)4)12-20(13-16,18(21)22)26-28(5)6/h7-10,15-16,28H,11-13H2,1-6H3,(H,21,22)/t15-,16+,20+/m0/s1. The Morgan fingerprint density at radius 1 is 1.18 bits per heavy atom. The van der Waals surface area contributed by atoms with E-state index in [2.05, 4.69) is 0 Å². The van der Waals surface area contributed by atoms with Crippen molar-refractivity contribution in [1.29, 1.82) is 0 Å². The van der Waals surface area contributed by atoms with Crippen molar-refractivity contribution in [2.24, 2.45) is 11.3 Å². The fourth-order valence-corrected chi connectivity index (χ4v) is 6.06. The first-order valence-electron chi connectivity index (χ1n) is 9.66. The van der Waals surface area contributed by atoms with Gasteiger partial charge in [-0.1, -0.05) is 38.5 Å². The van der Waals surface area contributed by atoms with Crippen LogP contribution in [-0.4, -0.2) is 40.2 Å². The van der Waals surface area contributed by atoms with Crippen LogP contribution < -0.4 is 0 Å². The van der Waals surface area contributed by atoms with Gasteiger partial charge in [0.1, 0.15) is 0 Å². The molecular formula is C20H32O6SSi. The highest BCUT2D eigenvalue weighted by atomic mass is 32.2. The molecule has 158 valence electrons. The number of aliphatic carboxylic acids is 1. The molecule has 1 aromatic carbocycles. The number of rotatable bonds is 6. The van der Waals surface area contributed by atoms with Gasteiger partial charge in [0.2, 0.25) is 0 Å². The number of aryl methyl sites for hydroxylation is 1. The third kappa shape index (κ3) is 5.43. The summed E-state index contributed by atoms with van der Waals surface area (Å²) in [5.74, 6) is -1.08. The Balaban J connectivity index is 2.36. The van der Waals surface area contributed by atoms with Crippen LogP contribution in [0.15, 0.2) is 29.2 Å². The molecule has 0 unspecified atom stereocenters. The molecule has 1 saturated carbocycles. The molecule has 1 aliphatic carbocycles. The van der Waals surface area contributed by atoms with Crippen molar-refractivity contribution in [3.05, 3.63) is 29.8 Å². The van der Waals surface area contributed by atoms with E-state index >= 15 is 0 Å². The number of benzene rings is 1. The minimum Gasteiger partial charge on any atom is -0.479 e. The minimum atomic E-state index is -3.99. The highest BCUT2D eigenvalue weighted by molar-refractivity contribution is 7.86. The van der Waals surface area contributed by atoms with E-state index in [0.717, 1.165) is 5.56 Å². The molecular weight excluding hydrogens is 396 g/mol. The lowest BCUT2D eigenvalue weighted by atomic mass is 9.66. The highest BCUT2D eigenvalue weighted by Gasteiger charge is 2.51. The summed E-state index contributed by atoms with van der Waals surface area (Å²) in [6.07, 6.45) is 0.132. The molecule has 8 heteroatoms. The van der Waals surface area contributed by atoms with Crippen LogP contribution in [0.2, 0.25) is 13.1 Å². The summed E-state index contributed by atoms with van der Waals surface area (Å²) in [5, 5.41) is 9.98. The summed E-state index contributed by atoms with van der Waals surface area (Å²) in [6, 6.07) is 6.45. The molecule has 0 heterocycles. The van der Waals surface area contributed by atoms with Gasteiger partial charge >= 0.3 is 5.97 Å². The zero-order valence-corrected chi connectivity index (χ0v) is 19.5. The van der Waals surface area contributed by atoms with Crippen molar-refractivity contribution in [3.63, 3.8) is 0 Å². The van der Waals surface area contributed by atoms with Gasteiger partial charge in [-0.25, -0.2) is 4.79 Å². The summed E-state index contributed by atoms with van der Waals surface area (Å²) in [6.45, 7) is 11.8. The van der Waals surface area contributed by atoms with Gasteiger partial charge in [-0.15, -0.1) is 0 Å². The van der Waals surface area contributed by atoms with Crippen LogP contribution in [0.1, 0.15) is 45.6 Å². The second kappa shape index (κ2) is 8.26. The molecule has 1 fully saturated rings. The van der Waals surface area contributed by atoms with Crippen LogP contribution >= 0.6 is 0 Å². The number of hydrogen-bond donors (Lipinski definition) is 1. The predicted octanol–water partition coefficient (Wildman–Crippen LogP) is 3.74. The van der Waals surface area contributed by atoms with E-state index in [9.17, 15) is 18.3 Å². The van der Waals surface area contributed by atoms with Crippen molar-refractivity contribution in [2.45, 2.75) is 76.7 Å². The van der Waals surface area contributed by atoms with Gasteiger partial charge in [-0.05, 0) is 56.3 Å². The molecule has 3 atom stereocenters. The molecule has 1 aliphatic rings. The third-order valence-electron chi connectivity index (χ3n) is 5.33. The molecule has 2 rings (SSSR count). The van der Waals surface area contributed by atoms with Gasteiger partial charge in [0, 0.05) is 6.42 Å². The van der Waals surface area contributed by atoms with Crippen molar-refractivity contribution < 1.29 is 26.9 Å². The predicted molar refractivity (Wildman–Crippen MR) is 110 cm³/mol. The number of carboxylic acids is 1. The van der Waals surface area contributed by atoms with E-state index < -0.39 is 36.8 Å². The van der Waals surface area contributed by atoms with Crippen molar-refractivity contribution >= 4 is 25.1 Å². The van der Waals surface area contributed by atoms with Crippen molar-refractivity contribution in [2.75, 3.05) is 0 Å². The SMILES string of the molecule is Cc1ccc(S(=O)(=O)O[C@@H]2C[C@H](C(C)(C)C)C[C@](O[SiH](C)C)(C(=O)O)C2)cc1. The zero-order valence-electron chi connectivity index (χ0n) is 17.6. The average Bonchev–Trinajstić information content (AvgIpc) is 2.52. The van der Waals surface area contributed by atoms with E-state index in [4.69, 9.17) is 8.61 Å². The van der Waals surface area contributed by atoms with Gasteiger partial charge in [0.05, 0.1) is 11.0 Å². The maximum atomic E-state index is 12.8. The largest absolute Gasteiger partial charge is 0.479 e. The Hall–Kier alpha value is -1.22. The van der Waals surface area contributed by atoms with Gasteiger partial charge in [-0.3, -0.25) is 4.18 Å². The van der Waals surface area contributed by atoms with E-state index in [-0.39, 0.29) is 22.6 Å². The van der Waals surface area contributed by atoms with Crippen LogP contribution in [0.4, 0.5) is 0 Å². The van der Waals surface area contributed by atoms with Gasteiger partial charge in [0.25, 0.3) is 10.1 Å². The molecule has 0 spiro atoms. The second-order valence-electron chi connectivity index (χ2n) is 9.16. The Kier molecular flexibility index (Phi) is 6.80. The van der Waals surface area contributed by atoms with Crippen molar-refractivity contribution in [3.8, 4) is 0 Å². The zero-order chi connectivity index (χ0) is 21.3. The number of hydrogen-bond acceptors (Lipinski definition) is 5. The van der Waals surface area contributed by atoms with Crippen LogP contribution in [0.25, 0.3) is 0 Å². The molecule has 1 N–H and O–H groups in total. The fourth-order valence-electron chi connectivity index (χ4n) is 3.78. The lowest BCUT2D eigenvalue weighted by molar-refractivity contribution is -0.166. The highest BCUT2D eigenvalue weighted by Crippen LogP contribution is 2.45. The van der Waals surface area contributed by atoms with E-state index in [1.807, 2.05) is 40.8 Å². The lowest BCUT2D eigenvalue weighted by Crippen LogP contribution is -2.54. The molecule has 0 aromatic heterocycles. The fraction of sp³-hybridized carbons (Fsp3) is 0.650. The molecule has 1 aromatic rings. The Morgan fingerprint density at radius 2 is 1.75 bits per heavy atom.